The predicted molar refractivity (Wildman–Crippen MR) is 50.5 cm³/mol. The maximum absolute atomic E-state index is 4.22. The SMILES string of the molecule is CSc1cc2c(nn1)CCCC2. The van der Waals surface area contributed by atoms with Crippen molar-refractivity contribution in [3.63, 3.8) is 0 Å². The van der Waals surface area contributed by atoms with E-state index in [0.29, 0.717) is 0 Å². The molecule has 0 fully saturated rings. The van der Waals surface area contributed by atoms with Crippen molar-refractivity contribution in [2.75, 3.05) is 6.26 Å². The molecule has 0 amide bonds. The summed E-state index contributed by atoms with van der Waals surface area (Å²) in [7, 11) is 0. The molecule has 0 saturated heterocycles. The minimum absolute atomic E-state index is 1.05. The van der Waals surface area contributed by atoms with E-state index in [1.54, 1.807) is 11.8 Å². The maximum Gasteiger partial charge on any atom is 0.119 e. The second-order valence-corrected chi connectivity index (χ2v) is 3.89. The smallest absolute Gasteiger partial charge is 0.119 e. The topological polar surface area (TPSA) is 25.8 Å². The lowest BCUT2D eigenvalue weighted by Crippen LogP contribution is -2.06. The zero-order valence-corrected chi connectivity index (χ0v) is 8.02. The Morgan fingerprint density at radius 2 is 2.08 bits per heavy atom. The van der Waals surface area contributed by atoms with Crippen LogP contribution >= 0.6 is 11.8 Å². The van der Waals surface area contributed by atoms with Crippen molar-refractivity contribution in [3.8, 4) is 0 Å². The summed E-state index contributed by atoms with van der Waals surface area (Å²) in [4.78, 5) is 0. The van der Waals surface area contributed by atoms with Gasteiger partial charge in [-0.2, -0.15) is 5.10 Å². The summed E-state index contributed by atoms with van der Waals surface area (Å²) in [6.45, 7) is 0. The minimum atomic E-state index is 1.05. The summed E-state index contributed by atoms with van der Waals surface area (Å²) in [5, 5.41) is 9.39. The molecule has 1 heterocycles. The van der Waals surface area contributed by atoms with Gasteiger partial charge in [0.15, 0.2) is 0 Å². The molecule has 0 bridgehead atoms. The first-order valence-electron chi connectivity index (χ1n) is 4.29. The van der Waals surface area contributed by atoms with Crippen LogP contribution in [0.1, 0.15) is 24.1 Å². The summed E-state index contributed by atoms with van der Waals surface area (Å²) in [5.74, 6) is 0. The third-order valence-electron chi connectivity index (χ3n) is 2.26. The fourth-order valence-corrected chi connectivity index (χ4v) is 1.95. The molecule has 1 aromatic heterocycles. The van der Waals surface area contributed by atoms with Crippen LogP contribution in [0.25, 0.3) is 0 Å². The molecule has 1 aromatic rings. The number of aromatic nitrogens is 2. The van der Waals surface area contributed by atoms with E-state index in [1.807, 2.05) is 6.26 Å². The Bertz CT molecular complexity index is 286. The van der Waals surface area contributed by atoms with Crippen molar-refractivity contribution >= 4 is 11.8 Å². The van der Waals surface area contributed by atoms with E-state index in [-0.39, 0.29) is 0 Å². The zero-order chi connectivity index (χ0) is 8.39. The van der Waals surface area contributed by atoms with E-state index < -0.39 is 0 Å². The Hall–Kier alpha value is -0.570. The van der Waals surface area contributed by atoms with Crippen LogP contribution in [0, 0.1) is 0 Å². The standard InChI is InChI=1S/C9H12N2S/c1-12-9-6-7-4-2-3-5-8(7)10-11-9/h6H,2-5H2,1H3. The number of hydrogen-bond donors (Lipinski definition) is 0. The lowest BCUT2D eigenvalue weighted by Gasteiger charge is -2.13. The molecule has 1 aliphatic carbocycles. The van der Waals surface area contributed by atoms with Gasteiger partial charge in [0.25, 0.3) is 0 Å². The normalized spacial score (nSPS) is 15.8. The third kappa shape index (κ3) is 1.46. The van der Waals surface area contributed by atoms with Gasteiger partial charge in [0.2, 0.25) is 0 Å². The van der Waals surface area contributed by atoms with Gasteiger partial charge in [-0.15, -0.1) is 16.9 Å². The van der Waals surface area contributed by atoms with Crippen LogP contribution in [0.4, 0.5) is 0 Å². The van der Waals surface area contributed by atoms with E-state index >= 15 is 0 Å². The average molecular weight is 180 g/mol. The fourth-order valence-electron chi connectivity index (χ4n) is 1.57. The van der Waals surface area contributed by atoms with Gasteiger partial charge in [-0.3, -0.25) is 0 Å². The predicted octanol–water partition coefficient (Wildman–Crippen LogP) is 2.08. The van der Waals surface area contributed by atoms with E-state index in [2.05, 4.69) is 16.3 Å². The zero-order valence-electron chi connectivity index (χ0n) is 7.21. The number of rotatable bonds is 1. The van der Waals surface area contributed by atoms with E-state index in [1.165, 1.54) is 30.5 Å². The Morgan fingerprint density at radius 1 is 1.25 bits per heavy atom. The van der Waals surface area contributed by atoms with Gasteiger partial charge in [0.1, 0.15) is 5.03 Å². The Kier molecular flexibility index (Phi) is 2.30. The van der Waals surface area contributed by atoms with Crippen LogP contribution < -0.4 is 0 Å². The second kappa shape index (κ2) is 3.44. The van der Waals surface area contributed by atoms with Gasteiger partial charge in [0.05, 0.1) is 5.69 Å². The molecule has 0 unspecified atom stereocenters. The summed E-state index contributed by atoms with van der Waals surface area (Å²) in [5.41, 5.74) is 2.64. The first-order valence-corrected chi connectivity index (χ1v) is 5.52. The Labute approximate surface area is 76.8 Å². The molecule has 0 radical (unpaired) electrons. The lowest BCUT2D eigenvalue weighted by molar-refractivity contribution is 0.645. The van der Waals surface area contributed by atoms with Crippen molar-refractivity contribution in [3.05, 3.63) is 17.3 Å². The molecule has 0 N–H and O–H groups in total. The highest BCUT2D eigenvalue weighted by Crippen LogP contribution is 2.21. The van der Waals surface area contributed by atoms with Crippen molar-refractivity contribution in [2.24, 2.45) is 0 Å². The van der Waals surface area contributed by atoms with Gasteiger partial charge in [-0.25, -0.2) is 0 Å². The number of nitrogens with zero attached hydrogens (tertiary/aromatic N) is 2. The number of aryl methyl sites for hydroxylation is 2. The summed E-state index contributed by atoms with van der Waals surface area (Å²) in [6.07, 6.45) is 6.95. The molecule has 0 atom stereocenters. The van der Waals surface area contributed by atoms with Crippen LogP contribution in [-0.2, 0) is 12.8 Å². The molecule has 0 aliphatic heterocycles. The first-order chi connectivity index (χ1) is 5.90. The van der Waals surface area contributed by atoms with Crippen LogP contribution in [-0.4, -0.2) is 16.5 Å². The largest absolute Gasteiger partial charge is 0.154 e. The molecule has 0 saturated carbocycles. The first kappa shape index (κ1) is 8.05. The van der Waals surface area contributed by atoms with Crippen LogP contribution in [0.15, 0.2) is 11.1 Å². The van der Waals surface area contributed by atoms with Gasteiger partial charge < -0.3 is 0 Å². The summed E-state index contributed by atoms with van der Waals surface area (Å²) in [6, 6.07) is 2.19. The van der Waals surface area contributed by atoms with Crippen molar-refractivity contribution < 1.29 is 0 Å². The fraction of sp³-hybridized carbons (Fsp3) is 0.556. The van der Waals surface area contributed by atoms with E-state index in [9.17, 15) is 0 Å². The van der Waals surface area contributed by atoms with Crippen molar-refractivity contribution in [2.45, 2.75) is 30.7 Å². The molecule has 2 nitrogen and oxygen atoms in total. The molecule has 64 valence electrons. The quantitative estimate of drug-likeness (QED) is 0.619. The monoisotopic (exact) mass is 180 g/mol. The highest BCUT2D eigenvalue weighted by molar-refractivity contribution is 7.98. The number of hydrogen-bond acceptors (Lipinski definition) is 3. The molecular formula is C9H12N2S. The van der Waals surface area contributed by atoms with Gasteiger partial charge >= 0.3 is 0 Å². The highest BCUT2D eigenvalue weighted by atomic mass is 32.2. The highest BCUT2D eigenvalue weighted by Gasteiger charge is 2.11. The second-order valence-electron chi connectivity index (χ2n) is 3.07. The van der Waals surface area contributed by atoms with E-state index in [4.69, 9.17) is 0 Å². The third-order valence-corrected chi connectivity index (χ3v) is 2.87. The van der Waals surface area contributed by atoms with Crippen LogP contribution in [0.5, 0.6) is 0 Å². The number of fused-ring (bicyclic) bond motifs is 1. The number of thioether (sulfide) groups is 1. The summed E-state index contributed by atoms with van der Waals surface area (Å²) < 4.78 is 0. The van der Waals surface area contributed by atoms with Gasteiger partial charge in [-0.05, 0) is 43.6 Å². The lowest BCUT2D eigenvalue weighted by atomic mass is 9.97. The van der Waals surface area contributed by atoms with Crippen molar-refractivity contribution in [1.82, 2.24) is 10.2 Å². The van der Waals surface area contributed by atoms with Crippen molar-refractivity contribution in [1.29, 1.82) is 0 Å². The molecule has 12 heavy (non-hydrogen) atoms. The van der Waals surface area contributed by atoms with Crippen LogP contribution in [0.3, 0.4) is 0 Å². The molecule has 0 spiro atoms. The summed E-state index contributed by atoms with van der Waals surface area (Å²) >= 11 is 1.67. The molecule has 3 heteroatoms. The van der Waals surface area contributed by atoms with E-state index in [0.717, 1.165) is 11.4 Å². The molecular weight excluding hydrogens is 168 g/mol. The Morgan fingerprint density at radius 3 is 2.92 bits per heavy atom. The maximum atomic E-state index is 4.22. The van der Waals surface area contributed by atoms with Crippen LogP contribution in [0.2, 0.25) is 0 Å². The minimum Gasteiger partial charge on any atom is -0.154 e. The molecule has 1 aliphatic rings. The Balaban J connectivity index is 2.36. The molecule has 2 rings (SSSR count). The average Bonchev–Trinajstić information content (AvgIpc) is 2.17. The van der Waals surface area contributed by atoms with Gasteiger partial charge in [-0.1, -0.05) is 0 Å². The molecule has 0 aromatic carbocycles. The van der Waals surface area contributed by atoms with Gasteiger partial charge in [0, 0.05) is 0 Å².